The quantitative estimate of drug-likeness (QED) is 0.796. The monoisotopic (exact) mass is 238 g/mol. The van der Waals surface area contributed by atoms with Gasteiger partial charge in [-0.15, -0.1) is 0 Å². The Kier molecular flexibility index (Phi) is 3.18. The smallest absolute Gasteiger partial charge is 0.0659 e. The number of hydrogen-bond donors (Lipinski definition) is 1. The van der Waals surface area contributed by atoms with Gasteiger partial charge in [-0.05, 0) is 50.6 Å². The van der Waals surface area contributed by atoms with Crippen LogP contribution in [0.5, 0.6) is 0 Å². The fraction of sp³-hybridized carbons (Fsp3) is 1.00. The molecule has 0 aromatic heterocycles. The summed E-state index contributed by atoms with van der Waals surface area (Å²) in [6.07, 6.45) is 9.75. The third kappa shape index (κ3) is 2.51. The van der Waals surface area contributed by atoms with Crippen LogP contribution < -0.4 is 5.73 Å². The highest BCUT2D eigenvalue weighted by Crippen LogP contribution is 2.46. The summed E-state index contributed by atoms with van der Waals surface area (Å²) in [7, 11) is 0. The van der Waals surface area contributed by atoms with Gasteiger partial charge in [-0.3, -0.25) is 0 Å². The average Bonchev–Trinajstić information content (AvgIpc) is 2.93. The second-order valence-corrected chi connectivity index (χ2v) is 6.65. The average molecular weight is 238 g/mol. The molecule has 2 aliphatic heterocycles. The fourth-order valence-corrected chi connectivity index (χ4v) is 4.00. The summed E-state index contributed by atoms with van der Waals surface area (Å²) in [4.78, 5) is 2.58. The largest absolute Gasteiger partial charge is 0.379 e. The van der Waals surface area contributed by atoms with Crippen LogP contribution in [-0.4, -0.2) is 43.3 Å². The van der Waals surface area contributed by atoms with Crippen molar-refractivity contribution in [1.29, 1.82) is 0 Å². The van der Waals surface area contributed by atoms with Gasteiger partial charge in [0.2, 0.25) is 0 Å². The normalized spacial score (nSPS) is 37.9. The standard InChI is InChI=1S/C14H26N2O/c15-14(7-10-17-12-14)11-16-8-5-13(6-9-16)3-1-2-4-13/h1-12,15H2. The molecule has 2 heterocycles. The van der Waals surface area contributed by atoms with Crippen LogP contribution in [0.4, 0.5) is 0 Å². The van der Waals surface area contributed by atoms with Crippen molar-refractivity contribution in [3.63, 3.8) is 0 Å². The molecule has 3 heteroatoms. The Morgan fingerprint density at radius 3 is 2.29 bits per heavy atom. The molecule has 3 fully saturated rings. The molecule has 1 spiro atoms. The van der Waals surface area contributed by atoms with Crippen molar-refractivity contribution in [3.05, 3.63) is 0 Å². The highest BCUT2D eigenvalue weighted by molar-refractivity contribution is 4.95. The Bertz CT molecular complexity index is 257. The van der Waals surface area contributed by atoms with Crippen LogP contribution in [0.15, 0.2) is 0 Å². The lowest BCUT2D eigenvalue weighted by Gasteiger charge is -2.41. The van der Waals surface area contributed by atoms with Gasteiger partial charge in [-0.2, -0.15) is 0 Å². The van der Waals surface area contributed by atoms with Crippen LogP contribution in [0.1, 0.15) is 44.9 Å². The summed E-state index contributed by atoms with van der Waals surface area (Å²) < 4.78 is 5.44. The molecule has 2 N–H and O–H groups in total. The van der Waals surface area contributed by atoms with Crippen molar-refractivity contribution in [2.75, 3.05) is 32.8 Å². The first-order chi connectivity index (χ1) is 8.20. The predicted octanol–water partition coefficient (Wildman–Crippen LogP) is 1.76. The van der Waals surface area contributed by atoms with Crippen molar-refractivity contribution in [3.8, 4) is 0 Å². The van der Waals surface area contributed by atoms with Crippen LogP contribution in [0.2, 0.25) is 0 Å². The molecule has 1 aliphatic carbocycles. The molecule has 0 amide bonds. The Morgan fingerprint density at radius 1 is 1.00 bits per heavy atom. The van der Waals surface area contributed by atoms with E-state index in [4.69, 9.17) is 10.5 Å². The second-order valence-electron chi connectivity index (χ2n) is 6.65. The molecular formula is C14H26N2O. The van der Waals surface area contributed by atoms with Crippen LogP contribution in [0.25, 0.3) is 0 Å². The molecule has 2 saturated heterocycles. The number of ether oxygens (including phenoxy) is 1. The van der Waals surface area contributed by atoms with Gasteiger partial charge in [0.1, 0.15) is 0 Å². The minimum Gasteiger partial charge on any atom is -0.379 e. The van der Waals surface area contributed by atoms with E-state index >= 15 is 0 Å². The molecule has 17 heavy (non-hydrogen) atoms. The van der Waals surface area contributed by atoms with Crippen molar-refractivity contribution in [2.24, 2.45) is 11.1 Å². The van der Waals surface area contributed by atoms with Crippen LogP contribution in [-0.2, 0) is 4.74 Å². The maximum Gasteiger partial charge on any atom is 0.0659 e. The van der Waals surface area contributed by atoms with Crippen molar-refractivity contribution in [1.82, 2.24) is 4.90 Å². The summed E-state index contributed by atoms with van der Waals surface area (Å²) in [6, 6.07) is 0. The third-order valence-corrected chi connectivity index (χ3v) is 5.25. The van der Waals surface area contributed by atoms with Gasteiger partial charge < -0.3 is 15.4 Å². The molecule has 0 radical (unpaired) electrons. The maximum absolute atomic E-state index is 6.37. The minimum absolute atomic E-state index is 0.0554. The number of piperidine rings is 1. The lowest BCUT2D eigenvalue weighted by molar-refractivity contribution is 0.0839. The zero-order chi connectivity index (χ0) is 11.8. The first kappa shape index (κ1) is 11.9. The molecule has 0 aromatic rings. The number of likely N-dealkylation sites (tertiary alicyclic amines) is 1. The molecule has 1 unspecified atom stereocenters. The van der Waals surface area contributed by atoms with Crippen LogP contribution >= 0.6 is 0 Å². The highest BCUT2D eigenvalue weighted by Gasteiger charge is 2.39. The first-order valence-corrected chi connectivity index (χ1v) is 7.29. The summed E-state index contributed by atoms with van der Waals surface area (Å²) in [5.41, 5.74) is 7.04. The lowest BCUT2D eigenvalue weighted by Crippen LogP contribution is -2.53. The van der Waals surface area contributed by atoms with Gasteiger partial charge >= 0.3 is 0 Å². The van der Waals surface area contributed by atoms with E-state index < -0.39 is 0 Å². The molecule has 98 valence electrons. The summed E-state index contributed by atoms with van der Waals surface area (Å²) in [5.74, 6) is 0. The van der Waals surface area contributed by atoms with E-state index in [0.29, 0.717) is 0 Å². The number of nitrogens with zero attached hydrogens (tertiary/aromatic N) is 1. The van der Waals surface area contributed by atoms with Gasteiger partial charge in [0.25, 0.3) is 0 Å². The summed E-state index contributed by atoms with van der Waals surface area (Å²) >= 11 is 0. The number of nitrogens with two attached hydrogens (primary N) is 1. The molecule has 3 rings (SSSR count). The lowest BCUT2D eigenvalue weighted by atomic mass is 9.77. The van der Waals surface area contributed by atoms with Crippen molar-refractivity contribution in [2.45, 2.75) is 50.5 Å². The maximum atomic E-state index is 6.37. The Hall–Kier alpha value is -0.120. The van der Waals surface area contributed by atoms with E-state index in [0.717, 1.165) is 31.6 Å². The number of hydrogen-bond acceptors (Lipinski definition) is 3. The zero-order valence-electron chi connectivity index (χ0n) is 10.9. The van der Waals surface area contributed by atoms with E-state index in [1.807, 2.05) is 0 Å². The van der Waals surface area contributed by atoms with Gasteiger partial charge in [-0.25, -0.2) is 0 Å². The highest BCUT2D eigenvalue weighted by atomic mass is 16.5. The van der Waals surface area contributed by atoms with Crippen LogP contribution in [0, 0.1) is 5.41 Å². The Balaban J connectivity index is 1.51. The van der Waals surface area contributed by atoms with E-state index in [1.54, 1.807) is 0 Å². The van der Waals surface area contributed by atoms with Gasteiger partial charge in [-0.1, -0.05) is 12.8 Å². The van der Waals surface area contributed by atoms with E-state index in [2.05, 4.69) is 4.90 Å². The molecule has 1 saturated carbocycles. The Morgan fingerprint density at radius 2 is 1.71 bits per heavy atom. The van der Waals surface area contributed by atoms with E-state index in [9.17, 15) is 0 Å². The molecule has 1 atom stereocenters. The fourth-order valence-electron chi connectivity index (χ4n) is 4.00. The summed E-state index contributed by atoms with van der Waals surface area (Å²) in [6.45, 7) is 5.18. The van der Waals surface area contributed by atoms with Crippen molar-refractivity contribution >= 4 is 0 Å². The first-order valence-electron chi connectivity index (χ1n) is 7.29. The van der Waals surface area contributed by atoms with E-state index in [1.165, 1.54) is 51.6 Å². The summed E-state index contributed by atoms with van der Waals surface area (Å²) in [5, 5.41) is 0. The number of rotatable bonds is 2. The Labute approximate surface area is 105 Å². The zero-order valence-corrected chi connectivity index (χ0v) is 10.9. The minimum atomic E-state index is -0.0554. The van der Waals surface area contributed by atoms with Gasteiger partial charge in [0.15, 0.2) is 0 Å². The molecule has 0 aromatic carbocycles. The predicted molar refractivity (Wildman–Crippen MR) is 68.9 cm³/mol. The molecule has 3 nitrogen and oxygen atoms in total. The molecule has 0 bridgehead atoms. The third-order valence-electron chi connectivity index (χ3n) is 5.25. The van der Waals surface area contributed by atoms with Gasteiger partial charge in [0.05, 0.1) is 12.1 Å². The second kappa shape index (κ2) is 4.52. The SMILES string of the molecule is NC1(CN2CCC3(CCCC3)CC2)CCOC1. The molecule has 3 aliphatic rings. The van der Waals surface area contributed by atoms with E-state index in [-0.39, 0.29) is 5.54 Å². The van der Waals surface area contributed by atoms with Crippen molar-refractivity contribution < 1.29 is 4.74 Å². The topological polar surface area (TPSA) is 38.5 Å². The van der Waals surface area contributed by atoms with Gasteiger partial charge in [0, 0.05) is 13.2 Å². The van der Waals surface area contributed by atoms with Crippen LogP contribution in [0.3, 0.4) is 0 Å². The molecular weight excluding hydrogens is 212 g/mol.